The van der Waals surface area contributed by atoms with E-state index in [-0.39, 0.29) is 4.47 Å². The highest BCUT2D eigenvalue weighted by Crippen LogP contribution is 2.21. The minimum atomic E-state index is -1.35. The number of anilines is 1. The minimum Gasteiger partial charge on any atom is -0.480 e. The standard InChI is InChI=1S/C12H14BrFN2O3/c1-12(2,10(17)18)16(3)11(19)15-7-4-5-9(14)8(13)6-7/h4-6H,1-3H3,(H,15,19)(H,17,18). The molecule has 0 unspecified atom stereocenters. The molecule has 104 valence electrons. The number of nitrogens with one attached hydrogen (secondary N) is 1. The summed E-state index contributed by atoms with van der Waals surface area (Å²) in [5.74, 6) is -1.57. The summed E-state index contributed by atoms with van der Waals surface area (Å²) in [6.07, 6.45) is 0. The number of hydrogen-bond acceptors (Lipinski definition) is 2. The predicted molar refractivity (Wildman–Crippen MR) is 72.6 cm³/mol. The van der Waals surface area contributed by atoms with Crippen LogP contribution in [0, 0.1) is 5.82 Å². The van der Waals surface area contributed by atoms with Gasteiger partial charge in [0.05, 0.1) is 4.47 Å². The quantitative estimate of drug-likeness (QED) is 0.894. The van der Waals surface area contributed by atoms with Crippen molar-refractivity contribution in [1.29, 1.82) is 0 Å². The zero-order chi connectivity index (χ0) is 14.8. The molecule has 0 spiro atoms. The van der Waals surface area contributed by atoms with Gasteiger partial charge in [-0.05, 0) is 48.0 Å². The van der Waals surface area contributed by atoms with Crippen LogP contribution in [-0.4, -0.2) is 34.6 Å². The molecule has 0 aliphatic carbocycles. The Balaban J connectivity index is 2.85. The van der Waals surface area contributed by atoms with E-state index in [9.17, 15) is 14.0 Å². The Morgan fingerprint density at radius 3 is 2.47 bits per heavy atom. The van der Waals surface area contributed by atoms with Gasteiger partial charge in [-0.2, -0.15) is 0 Å². The molecule has 0 saturated heterocycles. The molecule has 0 radical (unpaired) electrons. The van der Waals surface area contributed by atoms with Gasteiger partial charge in [-0.25, -0.2) is 14.0 Å². The number of halogens is 2. The van der Waals surface area contributed by atoms with Crippen LogP contribution in [0.3, 0.4) is 0 Å². The highest BCUT2D eigenvalue weighted by molar-refractivity contribution is 9.10. The first kappa shape index (κ1) is 15.4. The van der Waals surface area contributed by atoms with Gasteiger partial charge in [-0.3, -0.25) is 0 Å². The zero-order valence-corrected chi connectivity index (χ0v) is 12.3. The number of rotatable bonds is 3. The summed E-state index contributed by atoms with van der Waals surface area (Å²) < 4.78 is 13.3. The van der Waals surface area contributed by atoms with E-state index in [1.165, 1.54) is 39.1 Å². The number of carboxylic acids is 1. The fourth-order valence-electron chi connectivity index (χ4n) is 1.18. The van der Waals surface area contributed by atoms with Crippen LogP contribution in [0.2, 0.25) is 0 Å². The summed E-state index contributed by atoms with van der Waals surface area (Å²) in [6.45, 7) is 2.82. The first-order valence-corrected chi connectivity index (χ1v) is 6.19. The number of likely N-dealkylation sites (N-methyl/N-ethyl adjacent to an activating group) is 1. The molecule has 0 atom stereocenters. The number of hydrogen-bond donors (Lipinski definition) is 2. The van der Waals surface area contributed by atoms with E-state index in [0.29, 0.717) is 5.69 Å². The number of benzene rings is 1. The molecule has 7 heteroatoms. The monoisotopic (exact) mass is 332 g/mol. The van der Waals surface area contributed by atoms with E-state index < -0.39 is 23.4 Å². The van der Waals surface area contributed by atoms with Crippen LogP contribution < -0.4 is 5.32 Å². The summed E-state index contributed by atoms with van der Waals surface area (Å²) in [5.41, 5.74) is -0.979. The van der Waals surface area contributed by atoms with E-state index in [0.717, 1.165) is 4.90 Å². The van der Waals surface area contributed by atoms with Crippen molar-refractivity contribution in [3.8, 4) is 0 Å². The lowest BCUT2D eigenvalue weighted by Gasteiger charge is -2.31. The Morgan fingerprint density at radius 1 is 1.42 bits per heavy atom. The Hall–Kier alpha value is -1.63. The number of carboxylic acid groups (broad SMARTS) is 1. The number of aliphatic carboxylic acids is 1. The highest BCUT2D eigenvalue weighted by Gasteiger charge is 2.35. The normalized spacial score (nSPS) is 11.0. The van der Waals surface area contributed by atoms with Crippen molar-refractivity contribution in [2.75, 3.05) is 12.4 Å². The molecule has 0 aliphatic rings. The Bertz CT molecular complexity index is 520. The van der Waals surface area contributed by atoms with Crippen LogP contribution in [0.25, 0.3) is 0 Å². The van der Waals surface area contributed by atoms with Crippen LogP contribution in [0.15, 0.2) is 22.7 Å². The summed E-state index contributed by atoms with van der Waals surface area (Å²) in [7, 11) is 1.38. The molecule has 1 aromatic carbocycles. The molecule has 2 amide bonds. The van der Waals surface area contributed by atoms with Gasteiger partial charge in [0.1, 0.15) is 11.4 Å². The third kappa shape index (κ3) is 3.44. The number of amides is 2. The molecule has 0 saturated carbocycles. The zero-order valence-electron chi connectivity index (χ0n) is 10.7. The van der Waals surface area contributed by atoms with E-state index in [4.69, 9.17) is 5.11 Å². The van der Waals surface area contributed by atoms with Crippen molar-refractivity contribution in [2.45, 2.75) is 19.4 Å². The van der Waals surface area contributed by atoms with Crippen molar-refractivity contribution in [1.82, 2.24) is 4.90 Å². The maximum Gasteiger partial charge on any atom is 0.329 e. The van der Waals surface area contributed by atoms with Crippen molar-refractivity contribution in [3.05, 3.63) is 28.5 Å². The maximum absolute atomic E-state index is 13.0. The van der Waals surface area contributed by atoms with E-state index in [1.54, 1.807) is 0 Å². The maximum atomic E-state index is 13.0. The smallest absolute Gasteiger partial charge is 0.329 e. The fourth-order valence-corrected chi connectivity index (χ4v) is 1.56. The van der Waals surface area contributed by atoms with Crippen LogP contribution in [0.4, 0.5) is 14.9 Å². The van der Waals surface area contributed by atoms with Gasteiger partial charge < -0.3 is 15.3 Å². The second kappa shape index (κ2) is 5.56. The Labute approximate surface area is 118 Å². The van der Waals surface area contributed by atoms with Gasteiger partial charge in [-0.15, -0.1) is 0 Å². The predicted octanol–water partition coefficient (Wildman–Crippen LogP) is 2.92. The van der Waals surface area contributed by atoms with Crippen LogP contribution in [0.1, 0.15) is 13.8 Å². The summed E-state index contributed by atoms with van der Waals surface area (Å²) in [6, 6.07) is 3.39. The van der Waals surface area contributed by atoms with Gasteiger partial charge in [0.25, 0.3) is 0 Å². The average Bonchev–Trinajstić information content (AvgIpc) is 2.32. The SMILES string of the molecule is CN(C(=O)Nc1ccc(F)c(Br)c1)C(C)(C)C(=O)O. The molecule has 1 rings (SSSR count). The van der Waals surface area contributed by atoms with E-state index >= 15 is 0 Å². The molecule has 0 aliphatic heterocycles. The van der Waals surface area contributed by atoms with Gasteiger partial charge in [0.2, 0.25) is 0 Å². The molecule has 0 bridgehead atoms. The van der Waals surface area contributed by atoms with Crippen molar-refractivity contribution >= 4 is 33.6 Å². The molecule has 2 N–H and O–H groups in total. The highest BCUT2D eigenvalue weighted by atomic mass is 79.9. The van der Waals surface area contributed by atoms with Gasteiger partial charge >= 0.3 is 12.0 Å². The first-order valence-electron chi connectivity index (χ1n) is 5.39. The molecule has 0 aromatic heterocycles. The summed E-state index contributed by atoms with van der Waals surface area (Å²) >= 11 is 3.00. The summed E-state index contributed by atoms with van der Waals surface area (Å²) in [4.78, 5) is 24.0. The lowest BCUT2D eigenvalue weighted by atomic mass is 10.1. The lowest BCUT2D eigenvalue weighted by Crippen LogP contribution is -2.52. The Morgan fingerprint density at radius 2 is 2.00 bits per heavy atom. The molecule has 0 heterocycles. The van der Waals surface area contributed by atoms with Crippen molar-refractivity contribution in [3.63, 3.8) is 0 Å². The molecular formula is C12H14BrFN2O3. The van der Waals surface area contributed by atoms with Crippen molar-refractivity contribution < 1.29 is 19.1 Å². The van der Waals surface area contributed by atoms with E-state index in [2.05, 4.69) is 21.2 Å². The number of urea groups is 1. The lowest BCUT2D eigenvalue weighted by molar-refractivity contribution is -0.146. The second-order valence-corrected chi connectivity index (χ2v) is 5.34. The minimum absolute atomic E-state index is 0.213. The molecule has 0 fully saturated rings. The van der Waals surface area contributed by atoms with Crippen LogP contribution >= 0.6 is 15.9 Å². The van der Waals surface area contributed by atoms with Gasteiger partial charge in [0.15, 0.2) is 0 Å². The fraction of sp³-hybridized carbons (Fsp3) is 0.333. The van der Waals surface area contributed by atoms with E-state index in [1.807, 2.05) is 0 Å². The van der Waals surface area contributed by atoms with Crippen molar-refractivity contribution in [2.24, 2.45) is 0 Å². The summed E-state index contributed by atoms with van der Waals surface area (Å²) in [5, 5.41) is 11.5. The van der Waals surface area contributed by atoms with Gasteiger partial charge in [0, 0.05) is 12.7 Å². The topological polar surface area (TPSA) is 69.6 Å². The third-order valence-corrected chi connectivity index (χ3v) is 3.45. The molecule has 19 heavy (non-hydrogen) atoms. The largest absolute Gasteiger partial charge is 0.480 e. The number of nitrogens with zero attached hydrogens (tertiary/aromatic N) is 1. The number of carbonyl (C=O) groups excluding carboxylic acids is 1. The average molecular weight is 333 g/mol. The molecule has 1 aromatic rings. The second-order valence-electron chi connectivity index (χ2n) is 4.48. The van der Waals surface area contributed by atoms with Crippen LogP contribution in [-0.2, 0) is 4.79 Å². The van der Waals surface area contributed by atoms with Crippen LogP contribution in [0.5, 0.6) is 0 Å². The van der Waals surface area contributed by atoms with Gasteiger partial charge in [-0.1, -0.05) is 0 Å². The number of carbonyl (C=O) groups is 2. The molecule has 5 nitrogen and oxygen atoms in total. The molecular weight excluding hydrogens is 319 g/mol. The Kier molecular flexibility index (Phi) is 4.52. The first-order chi connectivity index (χ1) is 8.66. The third-order valence-electron chi connectivity index (χ3n) is 2.84.